The number of hydrogen-bond donors (Lipinski definition) is 0. The lowest BCUT2D eigenvalue weighted by Gasteiger charge is -2.09. The van der Waals surface area contributed by atoms with E-state index in [0.29, 0.717) is 11.8 Å². The number of benzene rings is 1. The summed E-state index contributed by atoms with van der Waals surface area (Å²) in [6, 6.07) is 12.3. The number of nitrogens with zero attached hydrogens (tertiary/aromatic N) is 2. The molecule has 4 heteroatoms. The molecule has 0 amide bonds. The Morgan fingerprint density at radius 2 is 0.725 bits per heavy atom. The molecule has 1 aromatic carbocycles. The lowest BCUT2D eigenvalue weighted by atomic mass is 10.1. The molecule has 222 valence electrons. The Hall–Kier alpha value is -2.36. The molecule has 0 aliphatic heterocycles. The van der Waals surface area contributed by atoms with Crippen molar-refractivity contribution in [2.24, 2.45) is 0 Å². The molecule has 0 N–H and O–H groups in total. The van der Waals surface area contributed by atoms with Crippen molar-refractivity contribution in [1.29, 1.82) is 0 Å². The van der Waals surface area contributed by atoms with Gasteiger partial charge in [0.25, 0.3) is 0 Å². The Bertz CT molecular complexity index is 983. The summed E-state index contributed by atoms with van der Waals surface area (Å²) in [5.74, 6) is 1.43. The summed E-state index contributed by atoms with van der Waals surface area (Å²) in [7, 11) is 0. The number of ether oxygens (including phenoxy) is 2. The number of rotatable bonds is 24. The molecule has 2 heterocycles. The fourth-order valence-corrected chi connectivity index (χ4v) is 5.47. The molecule has 0 unspecified atom stereocenters. The third-order valence-corrected chi connectivity index (χ3v) is 7.98. The minimum Gasteiger partial charge on any atom is -0.478 e. The molecule has 3 aromatic rings. The molecule has 40 heavy (non-hydrogen) atoms. The fraction of sp³-hybridized carbons (Fsp3) is 0.667. The molecule has 0 saturated carbocycles. The maximum Gasteiger partial charge on any atom is 0.213 e. The molecule has 0 fully saturated rings. The summed E-state index contributed by atoms with van der Waals surface area (Å²) in [4.78, 5) is 9.52. The number of hydrogen-bond acceptors (Lipinski definition) is 4. The topological polar surface area (TPSA) is 44.2 Å². The Morgan fingerprint density at radius 1 is 0.400 bits per heavy atom. The van der Waals surface area contributed by atoms with Crippen molar-refractivity contribution in [2.45, 2.75) is 142 Å². The highest BCUT2D eigenvalue weighted by molar-refractivity contribution is 6.04. The summed E-state index contributed by atoms with van der Waals surface area (Å²) in [6.45, 7) is 6.04. The molecule has 4 nitrogen and oxygen atoms in total. The molecule has 0 bridgehead atoms. The number of unbranched alkanes of at least 4 members (excludes halogenated alkanes) is 18. The molecule has 0 aliphatic carbocycles. The van der Waals surface area contributed by atoms with E-state index in [9.17, 15) is 0 Å². The first-order valence-corrected chi connectivity index (χ1v) is 16.8. The van der Waals surface area contributed by atoms with E-state index in [1.807, 2.05) is 24.3 Å². The standard InChI is InChI=1S/C36H56N2O2/c1-3-5-7-9-11-13-15-17-19-21-29-39-35-27-23-31-32-24-28-36(38-34(32)26-25-33(31)37-35)40-30-22-20-18-16-14-12-10-8-6-4-2/h23-28H,3-22,29-30H2,1-2H3. The van der Waals surface area contributed by atoms with E-state index in [1.165, 1.54) is 116 Å². The van der Waals surface area contributed by atoms with E-state index in [2.05, 4.69) is 26.0 Å². The molecular weight excluding hydrogens is 492 g/mol. The number of fused-ring (bicyclic) bond motifs is 3. The average molecular weight is 549 g/mol. The molecule has 0 atom stereocenters. The first-order valence-electron chi connectivity index (χ1n) is 16.8. The summed E-state index contributed by atoms with van der Waals surface area (Å²) in [5, 5.41) is 2.22. The van der Waals surface area contributed by atoms with Crippen LogP contribution in [0, 0.1) is 0 Å². The Labute approximate surface area is 244 Å². The van der Waals surface area contributed by atoms with Crippen molar-refractivity contribution >= 4 is 21.8 Å². The molecule has 0 aliphatic rings. The van der Waals surface area contributed by atoms with Crippen molar-refractivity contribution in [3.63, 3.8) is 0 Å². The highest BCUT2D eigenvalue weighted by Crippen LogP contribution is 2.27. The van der Waals surface area contributed by atoms with Crippen LogP contribution in [0.3, 0.4) is 0 Å². The van der Waals surface area contributed by atoms with E-state index >= 15 is 0 Å². The van der Waals surface area contributed by atoms with Crippen LogP contribution in [0.25, 0.3) is 21.8 Å². The van der Waals surface area contributed by atoms with Crippen LogP contribution in [0.4, 0.5) is 0 Å². The smallest absolute Gasteiger partial charge is 0.213 e. The van der Waals surface area contributed by atoms with E-state index < -0.39 is 0 Å². The van der Waals surface area contributed by atoms with Crippen LogP contribution in [-0.2, 0) is 0 Å². The van der Waals surface area contributed by atoms with E-state index in [0.717, 1.165) is 47.9 Å². The summed E-state index contributed by atoms with van der Waals surface area (Å²) in [6.07, 6.45) is 26.6. The highest BCUT2D eigenvalue weighted by Gasteiger charge is 2.07. The lowest BCUT2D eigenvalue weighted by molar-refractivity contribution is 0.294. The predicted molar refractivity (Wildman–Crippen MR) is 172 cm³/mol. The van der Waals surface area contributed by atoms with Crippen LogP contribution in [0.5, 0.6) is 11.8 Å². The van der Waals surface area contributed by atoms with Gasteiger partial charge in [-0.3, -0.25) is 0 Å². The number of pyridine rings is 2. The molecule has 2 aromatic heterocycles. The van der Waals surface area contributed by atoms with Crippen molar-refractivity contribution in [3.05, 3.63) is 36.4 Å². The van der Waals surface area contributed by atoms with Gasteiger partial charge in [0.15, 0.2) is 0 Å². The fourth-order valence-electron chi connectivity index (χ4n) is 5.47. The Kier molecular flexibility index (Phi) is 16.5. The van der Waals surface area contributed by atoms with Gasteiger partial charge >= 0.3 is 0 Å². The van der Waals surface area contributed by atoms with Gasteiger partial charge in [-0.15, -0.1) is 0 Å². The van der Waals surface area contributed by atoms with Gasteiger partial charge in [-0.2, -0.15) is 0 Å². The quantitative estimate of drug-likeness (QED) is 0.0824. The molecule has 0 spiro atoms. The van der Waals surface area contributed by atoms with Crippen LogP contribution < -0.4 is 9.47 Å². The van der Waals surface area contributed by atoms with E-state index in [-0.39, 0.29) is 0 Å². The van der Waals surface area contributed by atoms with Crippen LogP contribution in [0.15, 0.2) is 36.4 Å². The summed E-state index contributed by atoms with van der Waals surface area (Å²) in [5.41, 5.74) is 1.91. The van der Waals surface area contributed by atoms with Gasteiger partial charge in [0.2, 0.25) is 11.8 Å². The maximum absolute atomic E-state index is 5.98. The van der Waals surface area contributed by atoms with E-state index in [4.69, 9.17) is 19.4 Å². The minimum absolute atomic E-state index is 0.715. The molecule has 3 rings (SSSR count). The second-order valence-electron chi connectivity index (χ2n) is 11.6. The monoisotopic (exact) mass is 548 g/mol. The van der Waals surface area contributed by atoms with Crippen LogP contribution in [0.2, 0.25) is 0 Å². The highest BCUT2D eigenvalue weighted by atomic mass is 16.5. The zero-order chi connectivity index (χ0) is 28.1. The number of aromatic nitrogens is 2. The molecular formula is C36H56N2O2. The largest absolute Gasteiger partial charge is 0.478 e. The molecule has 0 saturated heterocycles. The van der Waals surface area contributed by atoms with Gasteiger partial charge in [-0.05, 0) is 37.1 Å². The van der Waals surface area contributed by atoms with Crippen LogP contribution in [0.1, 0.15) is 142 Å². The zero-order valence-corrected chi connectivity index (χ0v) is 25.7. The van der Waals surface area contributed by atoms with Gasteiger partial charge in [0.05, 0.1) is 24.2 Å². The minimum atomic E-state index is 0.715. The Balaban J connectivity index is 1.32. The summed E-state index contributed by atoms with van der Waals surface area (Å²) >= 11 is 0. The third kappa shape index (κ3) is 12.4. The average Bonchev–Trinajstić information content (AvgIpc) is 2.98. The van der Waals surface area contributed by atoms with Gasteiger partial charge in [-0.1, -0.05) is 129 Å². The molecule has 0 radical (unpaired) electrons. The second kappa shape index (κ2) is 20.5. The van der Waals surface area contributed by atoms with Crippen molar-refractivity contribution < 1.29 is 9.47 Å². The van der Waals surface area contributed by atoms with Crippen molar-refractivity contribution in [1.82, 2.24) is 9.97 Å². The normalized spacial score (nSPS) is 11.4. The van der Waals surface area contributed by atoms with Crippen LogP contribution >= 0.6 is 0 Å². The van der Waals surface area contributed by atoms with Crippen molar-refractivity contribution in [2.75, 3.05) is 13.2 Å². The Morgan fingerprint density at radius 3 is 1.07 bits per heavy atom. The van der Waals surface area contributed by atoms with Gasteiger partial charge in [0.1, 0.15) is 0 Å². The third-order valence-electron chi connectivity index (χ3n) is 7.98. The first kappa shape index (κ1) is 32.2. The lowest BCUT2D eigenvalue weighted by Crippen LogP contribution is -2.00. The van der Waals surface area contributed by atoms with Crippen LogP contribution in [-0.4, -0.2) is 23.2 Å². The van der Waals surface area contributed by atoms with Gasteiger partial charge < -0.3 is 9.47 Å². The zero-order valence-electron chi connectivity index (χ0n) is 25.7. The second-order valence-corrected chi connectivity index (χ2v) is 11.6. The van der Waals surface area contributed by atoms with E-state index in [1.54, 1.807) is 0 Å². The maximum atomic E-state index is 5.98. The SMILES string of the molecule is CCCCCCCCCCCCOc1ccc2c(ccc3nc(OCCCCCCCCCCCC)ccc32)n1. The van der Waals surface area contributed by atoms with Gasteiger partial charge in [0, 0.05) is 22.9 Å². The van der Waals surface area contributed by atoms with Gasteiger partial charge in [-0.25, -0.2) is 9.97 Å². The predicted octanol–water partition coefficient (Wildman–Crippen LogP) is 11.4. The van der Waals surface area contributed by atoms with Crippen molar-refractivity contribution in [3.8, 4) is 11.8 Å². The summed E-state index contributed by atoms with van der Waals surface area (Å²) < 4.78 is 12.0. The first-order chi connectivity index (χ1) is 19.8.